The minimum atomic E-state index is 0.929. The third-order valence-corrected chi connectivity index (χ3v) is 5.90. The number of aromatic nitrogens is 4. The zero-order valence-electron chi connectivity index (χ0n) is 16.4. The van der Waals surface area contributed by atoms with Crippen LogP contribution in [0.15, 0.2) is 30.6 Å². The Labute approximate surface area is 165 Å². The Kier molecular flexibility index (Phi) is 4.60. The van der Waals surface area contributed by atoms with E-state index in [1.807, 2.05) is 12.4 Å². The Bertz CT molecular complexity index is 960. The van der Waals surface area contributed by atoms with E-state index in [1.165, 1.54) is 12.8 Å². The van der Waals surface area contributed by atoms with E-state index in [1.54, 1.807) is 0 Å². The van der Waals surface area contributed by atoms with Crippen LogP contribution in [0, 0.1) is 0 Å². The first kappa shape index (κ1) is 17.4. The number of nitrogens with one attached hydrogen (secondary N) is 1. The Morgan fingerprint density at radius 1 is 0.857 bits per heavy atom. The largest absolute Gasteiger partial charge is 0.354 e. The monoisotopic (exact) mass is 377 g/mol. The maximum atomic E-state index is 5.14. The molecule has 7 nitrogen and oxygen atoms in total. The molecule has 2 fully saturated rings. The van der Waals surface area contributed by atoms with Gasteiger partial charge in [-0.25, -0.2) is 9.97 Å². The number of nitrogens with zero attached hydrogens (tertiary/aromatic N) is 6. The highest BCUT2D eigenvalue weighted by Crippen LogP contribution is 2.32. The van der Waals surface area contributed by atoms with Crippen LogP contribution in [0.25, 0.3) is 22.2 Å². The maximum absolute atomic E-state index is 5.14. The third-order valence-electron chi connectivity index (χ3n) is 5.90. The summed E-state index contributed by atoms with van der Waals surface area (Å²) in [4.78, 5) is 17.3. The lowest BCUT2D eigenvalue weighted by Crippen LogP contribution is -2.32. The van der Waals surface area contributed by atoms with E-state index < -0.39 is 0 Å². The van der Waals surface area contributed by atoms with E-state index in [4.69, 9.17) is 9.97 Å². The van der Waals surface area contributed by atoms with Crippen LogP contribution < -0.4 is 9.80 Å². The van der Waals surface area contributed by atoms with Crippen molar-refractivity contribution in [2.75, 3.05) is 56.1 Å². The first-order valence-electron chi connectivity index (χ1n) is 10.3. The molecule has 0 amide bonds. The van der Waals surface area contributed by atoms with E-state index in [9.17, 15) is 0 Å². The van der Waals surface area contributed by atoms with E-state index in [0.29, 0.717) is 0 Å². The normalized spacial score (nSPS) is 18.8. The summed E-state index contributed by atoms with van der Waals surface area (Å²) in [5.41, 5.74) is 3.06. The number of benzene rings is 1. The zero-order chi connectivity index (χ0) is 18.9. The fraction of sp³-hybridized carbons (Fsp3) is 0.476. The van der Waals surface area contributed by atoms with Crippen molar-refractivity contribution >= 4 is 22.5 Å². The van der Waals surface area contributed by atoms with Gasteiger partial charge in [0.25, 0.3) is 0 Å². The molecule has 0 spiro atoms. The summed E-state index contributed by atoms with van der Waals surface area (Å²) >= 11 is 0. The topological polar surface area (TPSA) is 64.2 Å². The van der Waals surface area contributed by atoms with Gasteiger partial charge in [-0.3, -0.25) is 5.10 Å². The van der Waals surface area contributed by atoms with Crippen molar-refractivity contribution in [1.29, 1.82) is 0 Å². The predicted molar refractivity (Wildman–Crippen MR) is 113 cm³/mol. The van der Waals surface area contributed by atoms with Crippen molar-refractivity contribution in [3.8, 4) is 11.3 Å². The molecule has 0 saturated carbocycles. The van der Waals surface area contributed by atoms with Crippen LogP contribution in [0.2, 0.25) is 0 Å². The van der Waals surface area contributed by atoms with Crippen molar-refractivity contribution in [2.45, 2.75) is 19.3 Å². The average Bonchev–Trinajstić information content (AvgIpc) is 3.37. The summed E-state index contributed by atoms with van der Waals surface area (Å²) in [6, 6.07) is 6.30. The number of likely N-dealkylation sites (N-methyl/N-ethyl adjacent to an activating group) is 1. The minimum absolute atomic E-state index is 0.929. The molecule has 2 saturated heterocycles. The van der Waals surface area contributed by atoms with Gasteiger partial charge in [0, 0.05) is 43.7 Å². The molecule has 5 rings (SSSR count). The third kappa shape index (κ3) is 3.30. The van der Waals surface area contributed by atoms with Crippen LogP contribution in [-0.2, 0) is 0 Å². The molecular formula is C21H27N7. The molecule has 2 aromatic heterocycles. The molecule has 0 aliphatic carbocycles. The number of aromatic amines is 1. The highest BCUT2D eigenvalue weighted by atomic mass is 15.3. The summed E-state index contributed by atoms with van der Waals surface area (Å²) in [6.45, 7) is 6.39. The van der Waals surface area contributed by atoms with Crippen LogP contribution in [0.3, 0.4) is 0 Å². The summed E-state index contributed by atoms with van der Waals surface area (Å²) in [5, 5.41) is 8.24. The number of anilines is 2. The Balaban J connectivity index is 1.55. The number of rotatable bonds is 3. The van der Waals surface area contributed by atoms with Crippen LogP contribution >= 0.6 is 0 Å². The van der Waals surface area contributed by atoms with Gasteiger partial charge in [0.15, 0.2) is 11.6 Å². The summed E-state index contributed by atoms with van der Waals surface area (Å²) in [5.74, 6) is 2.09. The summed E-state index contributed by atoms with van der Waals surface area (Å²) < 4.78 is 0. The fourth-order valence-corrected chi connectivity index (χ4v) is 4.24. The Morgan fingerprint density at radius 2 is 1.68 bits per heavy atom. The van der Waals surface area contributed by atoms with Crippen molar-refractivity contribution in [3.63, 3.8) is 0 Å². The van der Waals surface area contributed by atoms with Crippen LogP contribution in [0.1, 0.15) is 19.3 Å². The van der Waals surface area contributed by atoms with Gasteiger partial charge in [-0.1, -0.05) is 6.07 Å². The van der Waals surface area contributed by atoms with Crippen molar-refractivity contribution < 1.29 is 0 Å². The van der Waals surface area contributed by atoms with Crippen molar-refractivity contribution in [1.82, 2.24) is 25.1 Å². The van der Waals surface area contributed by atoms with E-state index in [2.05, 4.69) is 50.1 Å². The van der Waals surface area contributed by atoms with Gasteiger partial charge in [0.2, 0.25) is 0 Å². The van der Waals surface area contributed by atoms with E-state index in [-0.39, 0.29) is 0 Å². The van der Waals surface area contributed by atoms with Crippen molar-refractivity contribution in [3.05, 3.63) is 30.6 Å². The quantitative estimate of drug-likeness (QED) is 0.757. The number of H-pyrrole nitrogens is 1. The fourth-order valence-electron chi connectivity index (χ4n) is 4.24. The molecule has 0 unspecified atom stereocenters. The second-order valence-electron chi connectivity index (χ2n) is 7.91. The van der Waals surface area contributed by atoms with Crippen LogP contribution in [0.5, 0.6) is 0 Å². The van der Waals surface area contributed by atoms with Crippen LogP contribution in [0.4, 0.5) is 11.6 Å². The van der Waals surface area contributed by atoms with Crippen molar-refractivity contribution in [2.24, 2.45) is 0 Å². The lowest BCUT2D eigenvalue weighted by molar-refractivity contribution is 0.360. The summed E-state index contributed by atoms with van der Waals surface area (Å²) in [7, 11) is 2.20. The average molecular weight is 377 g/mol. The summed E-state index contributed by atoms with van der Waals surface area (Å²) in [6.07, 6.45) is 7.42. The highest BCUT2D eigenvalue weighted by Gasteiger charge is 2.24. The molecule has 28 heavy (non-hydrogen) atoms. The van der Waals surface area contributed by atoms with Gasteiger partial charge in [0.05, 0.1) is 23.6 Å². The number of fused-ring (bicyclic) bond motifs is 1. The lowest BCUT2D eigenvalue weighted by Gasteiger charge is -2.27. The molecule has 0 radical (unpaired) electrons. The molecular weight excluding hydrogens is 350 g/mol. The second kappa shape index (κ2) is 7.39. The van der Waals surface area contributed by atoms with Crippen LogP contribution in [-0.4, -0.2) is 71.4 Å². The molecule has 146 valence electrons. The molecule has 4 heterocycles. The SMILES string of the molecule is CN1CCCN(c2nc(-c3ccc4[nH]ncc4c3)cnc2N2CCCC2)CC1. The van der Waals surface area contributed by atoms with Gasteiger partial charge in [-0.15, -0.1) is 0 Å². The smallest absolute Gasteiger partial charge is 0.172 e. The molecule has 1 N–H and O–H groups in total. The molecule has 1 aromatic carbocycles. The first-order chi connectivity index (χ1) is 13.8. The number of hydrogen-bond donors (Lipinski definition) is 1. The van der Waals surface area contributed by atoms with Gasteiger partial charge in [-0.2, -0.15) is 5.10 Å². The lowest BCUT2D eigenvalue weighted by atomic mass is 10.1. The first-order valence-corrected chi connectivity index (χ1v) is 10.3. The molecule has 7 heteroatoms. The van der Waals surface area contributed by atoms with E-state index >= 15 is 0 Å². The molecule has 2 aliphatic heterocycles. The Hall–Kier alpha value is -2.67. The number of hydrogen-bond acceptors (Lipinski definition) is 6. The minimum Gasteiger partial charge on any atom is -0.354 e. The second-order valence-corrected chi connectivity index (χ2v) is 7.91. The van der Waals surface area contributed by atoms with Gasteiger partial charge < -0.3 is 14.7 Å². The maximum Gasteiger partial charge on any atom is 0.172 e. The van der Waals surface area contributed by atoms with E-state index in [0.717, 1.165) is 79.5 Å². The molecule has 0 atom stereocenters. The zero-order valence-corrected chi connectivity index (χ0v) is 16.4. The molecule has 0 bridgehead atoms. The Morgan fingerprint density at radius 3 is 2.57 bits per heavy atom. The molecule has 3 aromatic rings. The predicted octanol–water partition coefficient (Wildman–Crippen LogP) is 2.76. The van der Waals surface area contributed by atoms with Gasteiger partial charge in [-0.05, 0) is 45.0 Å². The molecule has 2 aliphatic rings. The highest BCUT2D eigenvalue weighted by molar-refractivity contribution is 5.83. The van der Waals surface area contributed by atoms with Gasteiger partial charge in [0.1, 0.15) is 0 Å². The standard InChI is InChI=1S/C21H27N7/c1-26-7-4-10-28(12-11-26)21-20(27-8-2-3-9-27)22-15-19(24-21)16-5-6-18-17(13-16)14-23-25-18/h5-6,13-15H,2-4,7-12H2,1H3,(H,23,25). The van der Waals surface area contributed by atoms with Gasteiger partial charge >= 0.3 is 0 Å².